The van der Waals surface area contributed by atoms with E-state index in [4.69, 9.17) is 22.1 Å². The lowest BCUT2D eigenvalue weighted by molar-refractivity contribution is 0.168. The molecule has 0 bridgehead atoms. The fraction of sp³-hybridized carbons (Fsp3) is 0.538. The van der Waals surface area contributed by atoms with Gasteiger partial charge in [-0.25, -0.2) is 0 Å². The lowest BCUT2D eigenvalue weighted by Gasteiger charge is -2.20. The largest absolute Gasteiger partial charge is 0.488 e. The van der Waals surface area contributed by atoms with Gasteiger partial charge in [0.1, 0.15) is 11.9 Å². The first kappa shape index (κ1) is 12.7. The van der Waals surface area contributed by atoms with Crippen molar-refractivity contribution in [2.24, 2.45) is 5.73 Å². The molecule has 1 atom stereocenters. The average molecular weight is 255 g/mol. The standard InChI is InChI=1S/C13H19ClN2O/c1-16(6-2-5-15)9-12-8-10-7-11(14)3-4-13(10)17-12/h3-4,7,12H,2,5-6,8-9,15H2,1H3. The van der Waals surface area contributed by atoms with E-state index in [9.17, 15) is 0 Å². The van der Waals surface area contributed by atoms with E-state index in [1.807, 2.05) is 18.2 Å². The predicted molar refractivity (Wildman–Crippen MR) is 70.7 cm³/mol. The first-order valence-electron chi connectivity index (χ1n) is 6.02. The molecule has 0 fully saturated rings. The summed E-state index contributed by atoms with van der Waals surface area (Å²) in [5.41, 5.74) is 6.72. The molecular weight excluding hydrogens is 236 g/mol. The highest BCUT2D eigenvalue weighted by atomic mass is 35.5. The number of hydrogen-bond acceptors (Lipinski definition) is 3. The second kappa shape index (κ2) is 5.71. The molecule has 3 nitrogen and oxygen atoms in total. The van der Waals surface area contributed by atoms with Gasteiger partial charge in [-0.15, -0.1) is 0 Å². The topological polar surface area (TPSA) is 38.5 Å². The van der Waals surface area contributed by atoms with E-state index in [0.717, 1.165) is 43.2 Å². The zero-order valence-corrected chi connectivity index (χ0v) is 10.9. The zero-order valence-electron chi connectivity index (χ0n) is 10.2. The summed E-state index contributed by atoms with van der Waals surface area (Å²) in [5.74, 6) is 0.978. The summed E-state index contributed by atoms with van der Waals surface area (Å²) in [4.78, 5) is 2.27. The molecule has 0 aliphatic carbocycles. The molecule has 0 aromatic heterocycles. The van der Waals surface area contributed by atoms with Crippen LogP contribution < -0.4 is 10.5 Å². The molecule has 1 heterocycles. The van der Waals surface area contributed by atoms with Gasteiger partial charge in [-0.2, -0.15) is 0 Å². The molecule has 1 aliphatic heterocycles. The number of rotatable bonds is 5. The summed E-state index contributed by atoms with van der Waals surface area (Å²) < 4.78 is 5.88. The van der Waals surface area contributed by atoms with Gasteiger partial charge in [0, 0.05) is 18.0 Å². The highest BCUT2D eigenvalue weighted by Gasteiger charge is 2.23. The third kappa shape index (κ3) is 3.35. The number of nitrogens with two attached hydrogens (primary N) is 1. The van der Waals surface area contributed by atoms with Crippen molar-refractivity contribution >= 4 is 11.6 Å². The maximum absolute atomic E-state index is 5.97. The van der Waals surface area contributed by atoms with Gasteiger partial charge in [0.2, 0.25) is 0 Å². The number of benzene rings is 1. The molecule has 1 aliphatic rings. The van der Waals surface area contributed by atoms with Gasteiger partial charge < -0.3 is 15.4 Å². The number of fused-ring (bicyclic) bond motifs is 1. The van der Waals surface area contributed by atoms with Crippen LogP contribution in [-0.2, 0) is 6.42 Å². The third-order valence-electron chi connectivity index (χ3n) is 3.02. The predicted octanol–water partition coefficient (Wildman–Crippen LogP) is 1.92. The first-order chi connectivity index (χ1) is 8.19. The van der Waals surface area contributed by atoms with Crippen molar-refractivity contribution in [1.82, 2.24) is 4.90 Å². The van der Waals surface area contributed by atoms with Crippen LogP contribution in [-0.4, -0.2) is 37.7 Å². The van der Waals surface area contributed by atoms with E-state index in [2.05, 4.69) is 11.9 Å². The van der Waals surface area contributed by atoms with E-state index in [1.54, 1.807) is 0 Å². The maximum Gasteiger partial charge on any atom is 0.123 e. The Balaban J connectivity index is 1.87. The van der Waals surface area contributed by atoms with Gasteiger partial charge in [0.15, 0.2) is 0 Å². The number of nitrogens with zero attached hydrogens (tertiary/aromatic N) is 1. The van der Waals surface area contributed by atoms with Crippen molar-refractivity contribution in [3.63, 3.8) is 0 Å². The fourth-order valence-electron chi connectivity index (χ4n) is 2.19. The quantitative estimate of drug-likeness (QED) is 0.873. The molecular formula is C13H19ClN2O. The van der Waals surface area contributed by atoms with Crippen molar-refractivity contribution in [3.05, 3.63) is 28.8 Å². The smallest absolute Gasteiger partial charge is 0.123 e. The normalized spacial score (nSPS) is 18.2. The molecule has 1 aromatic rings. The molecule has 1 aromatic carbocycles. The van der Waals surface area contributed by atoms with Crippen molar-refractivity contribution in [2.75, 3.05) is 26.7 Å². The Morgan fingerprint density at radius 2 is 2.35 bits per heavy atom. The van der Waals surface area contributed by atoms with Crippen LogP contribution in [0.3, 0.4) is 0 Å². The minimum absolute atomic E-state index is 0.242. The molecule has 2 rings (SSSR count). The first-order valence-corrected chi connectivity index (χ1v) is 6.40. The Morgan fingerprint density at radius 3 is 3.12 bits per heavy atom. The molecule has 17 heavy (non-hydrogen) atoms. The van der Waals surface area contributed by atoms with Gasteiger partial charge in [0.25, 0.3) is 0 Å². The minimum Gasteiger partial charge on any atom is -0.488 e. The van der Waals surface area contributed by atoms with Crippen molar-refractivity contribution < 1.29 is 4.74 Å². The minimum atomic E-state index is 0.242. The maximum atomic E-state index is 5.97. The zero-order chi connectivity index (χ0) is 12.3. The summed E-state index contributed by atoms with van der Waals surface area (Å²) >= 11 is 5.97. The molecule has 2 N–H and O–H groups in total. The van der Waals surface area contributed by atoms with Crippen LogP contribution in [0.1, 0.15) is 12.0 Å². The fourth-order valence-corrected chi connectivity index (χ4v) is 2.39. The summed E-state index contributed by atoms with van der Waals surface area (Å²) in [5, 5.41) is 0.782. The Hall–Kier alpha value is -0.770. The van der Waals surface area contributed by atoms with Gasteiger partial charge in [-0.3, -0.25) is 0 Å². The summed E-state index contributed by atoms with van der Waals surface area (Å²) in [7, 11) is 2.11. The van der Waals surface area contributed by atoms with Crippen molar-refractivity contribution in [1.29, 1.82) is 0 Å². The average Bonchev–Trinajstić information content (AvgIpc) is 2.67. The molecule has 94 valence electrons. The molecule has 0 saturated carbocycles. The van der Waals surface area contributed by atoms with Gasteiger partial charge in [-0.1, -0.05) is 11.6 Å². The molecule has 4 heteroatoms. The molecule has 0 saturated heterocycles. The number of hydrogen-bond donors (Lipinski definition) is 1. The second-order valence-electron chi connectivity index (χ2n) is 4.60. The lowest BCUT2D eigenvalue weighted by Crippen LogP contribution is -2.33. The highest BCUT2D eigenvalue weighted by molar-refractivity contribution is 6.30. The van der Waals surface area contributed by atoms with Crippen LogP contribution in [0.15, 0.2) is 18.2 Å². The van der Waals surface area contributed by atoms with E-state index >= 15 is 0 Å². The van der Waals surface area contributed by atoms with Crippen LogP contribution in [0.25, 0.3) is 0 Å². The Bertz CT molecular complexity index is 384. The van der Waals surface area contributed by atoms with Crippen LogP contribution in [0.4, 0.5) is 0 Å². The van der Waals surface area contributed by atoms with Gasteiger partial charge in [-0.05, 0) is 50.3 Å². The monoisotopic (exact) mass is 254 g/mol. The van der Waals surface area contributed by atoms with Crippen molar-refractivity contribution in [2.45, 2.75) is 18.9 Å². The van der Waals surface area contributed by atoms with Crippen molar-refractivity contribution in [3.8, 4) is 5.75 Å². The van der Waals surface area contributed by atoms with Gasteiger partial charge >= 0.3 is 0 Å². The highest BCUT2D eigenvalue weighted by Crippen LogP contribution is 2.31. The lowest BCUT2D eigenvalue weighted by atomic mass is 10.1. The Morgan fingerprint density at radius 1 is 1.53 bits per heavy atom. The third-order valence-corrected chi connectivity index (χ3v) is 3.26. The SMILES string of the molecule is CN(CCCN)CC1Cc2cc(Cl)ccc2O1. The van der Waals surface area contributed by atoms with Crippen LogP contribution in [0.2, 0.25) is 5.02 Å². The molecule has 0 radical (unpaired) electrons. The number of ether oxygens (including phenoxy) is 1. The van der Waals surface area contributed by atoms with Crippen LogP contribution in [0, 0.1) is 0 Å². The Labute approximate surface area is 107 Å². The molecule has 0 spiro atoms. The number of halogens is 1. The second-order valence-corrected chi connectivity index (χ2v) is 5.04. The van der Waals surface area contributed by atoms with Gasteiger partial charge in [0.05, 0.1) is 0 Å². The summed E-state index contributed by atoms with van der Waals surface area (Å²) in [6, 6.07) is 5.83. The molecule has 0 amide bonds. The summed E-state index contributed by atoms with van der Waals surface area (Å²) in [6.07, 6.45) is 2.22. The van der Waals surface area contributed by atoms with E-state index in [1.165, 1.54) is 5.56 Å². The molecule has 1 unspecified atom stereocenters. The number of likely N-dealkylation sites (N-methyl/N-ethyl adjacent to an activating group) is 1. The van der Waals surface area contributed by atoms with E-state index in [-0.39, 0.29) is 6.10 Å². The van der Waals surface area contributed by atoms with Crippen LogP contribution in [0.5, 0.6) is 5.75 Å². The Kier molecular flexibility index (Phi) is 4.26. The van der Waals surface area contributed by atoms with Crippen LogP contribution >= 0.6 is 11.6 Å². The van der Waals surface area contributed by atoms with E-state index in [0.29, 0.717) is 0 Å². The van der Waals surface area contributed by atoms with E-state index < -0.39 is 0 Å². The summed E-state index contributed by atoms with van der Waals surface area (Å²) in [6.45, 7) is 2.70.